The Bertz CT molecular complexity index is 511. The Hall–Kier alpha value is -1.07. The molecule has 1 heterocycles. The summed E-state index contributed by atoms with van der Waals surface area (Å²) in [5.74, 6) is -0.767. The molecule has 2 atom stereocenters. The van der Waals surface area contributed by atoms with Crippen molar-refractivity contribution in [3.05, 3.63) is 16.4 Å². The van der Waals surface area contributed by atoms with Gasteiger partial charge in [0.15, 0.2) is 0 Å². The van der Waals surface area contributed by atoms with E-state index in [4.69, 9.17) is 11.6 Å². The van der Waals surface area contributed by atoms with Gasteiger partial charge in [0, 0.05) is 0 Å². The SMILES string of the molecule is CCNC1(C(=O)O)CCCC(n2nc(C)c(Cl)c2C)C1. The minimum atomic E-state index is -0.837. The van der Waals surface area contributed by atoms with Crippen molar-refractivity contribution in [1.29, 1.82) is 0 Å². The second kappa shape index (κ2) is 5.74. The maximum Gasteiger partial charge on any atom is 0.323 e. The fourth-order valence-electron chi connectivity index (χ4n) is 3.22. The third-order valence-electron chi connectivity index (χ3n) is 4.23. The molecule has 0 amide bonds. The smallest absolute Gasteiger partial charge is 0.323 e. The number of aryl methyl sites for hydroxylation is 1. The van der Waals surface area contributed by atoms with Crippen LogP contribution in [0.4, 0.5) is 0 Å². The molecule has 1 saturated carbocycles. The van der Waals surface area contributed by atoms with Gasteiger partial charge in [-0.2, -0.15) is 5.10 Å². The molecule has 1 aliphatic rings. The van der Waals surface area contributed by atoms with E-state index in [1.807, 2.05) is 25.5 Å². The fourth-order valence-corrected chi connectivity index (χ4v) is 3.35. The Labute approximate surface area is 124 Å². The summed E-state index contributed by atoms with van der Waals surface area (Å²) in [7, 11) is 0. The van der Waals surface area contributed by atoms with E-state index in [1.165, 1.54) is 0 Å². The second-order valence-electron chi connectivity index (χ2n) is 5.60. The van der Waals surface area contributed by atoms with Crippen LogP contribution in [-0.4, -0.2) is 32.9 Å². The predicted octanol–water partition coefficient (Wildman–Crippen LogP) is 2.70. The van der Waals surface area contributed by atoms with Gasteiger partial charge in [-0.15, -0.1) is 0 Å². The summed E-state index contributed by atoms with van der Waals surface area (Å²) in [5, 5.41) is 17.9. The molecule has 0 bridgehead atoms. The molecular formula is C14H22ClN3O2. The molecule has 0 aromatic carbocycles. The number of carbonyl (C=O) groups is 1. The summed E-state index contributed by atoms with van der Waals surface area (Å²) in [4.78, 5) is 11.7. The van der Waals surface area contributed by atoms with Gasteiger partial charge >= 0.3 is 5.97 Å². The average Bonchev–Trinajstić information content (AvgIpc) is 2.67. The highest BCUT2D eigenvalue weighted by molar-refractivity contribution is 6.31. The summed E-state index contributed by atoms with van der Waals surface area (Å²) in [6, 6.07) is 0.0881. The first-order valence-electron chi connectivity index (χ1n) is 7.11. The molecule has 2 rings (SSSR count). The van der Waals surface area contributed by atoms with Gasteiger partial charge in [0.1, 0.15) is 5.54 Å². The molecule has 6 heteroatoms. The summed E-state index contributed by atoms with van der Waals surface area (Å²) in [5.41, 5.74) is 0.891. The lowest BCUT2D eigenvalue weighted by molar-refractivity contribution is -0.147. The van der Waals surface area contributed by atoms with E-state index >= 15 is 0 Å². The number of nitrogens with one attached hydrogen (secondary N) is 1. The molecule has 0 radical (unpaired) electrons. The largest absolute Gasteiger partial charge is 0.480 e. The molecule has 2 N–H and O–H groups in total. The summed E-state index contributed by atoms with van der Waals surface area (Å²) < 4.78 is 1.91. The summed E-state index contributed by atoms with van der Waals surface area (Å²) >= 11 is 6.20. The summed E-state index contributed by atoms with van der Waals surface area (Å²) in [6.45, 7) is 6.40. The molecule has 0 saturated heterocycles. The monoisotopic (exact) mass is 299 g/mol. The third kappa shape index (κ3) is 2.56. The predicted molar refractivity (Wildman–Crippen MR) is 78.3 cm³/mol. The van der Waals surface area contributed by atoms with E-state index in [0.29, 0.717) is 24.4 Å². The zero-order chi connectivity index (χ0) is 14.9. The van der Waals surface area contributed by atoms with Crippen LogP contribution in [0.3, 0.4) is 0 Å². The first-order chi connectivity index (χ1) is 9.41. The van der Waals surface area contributed by atoms with Crippen LogP contribution in [0.2, 0.25) is 5.02 Å². The highest BCUT2D eigenvalue weighted by atomic mass is 35.5. The molecule has 1 aromatic rings. The maximum absolute atomic E-state index is 11.7. The normalized spacial score (nSPS) is 26.7. The van der Waals surface area contributed by atoms with Crippen LogP contribution in [0.5, 0.6) is 0 Å². The molecule has 1 fully saturated rings. The Morgan fingerprint density at radius 2 is 2.30 bits per heavy atom. The van der Waals surface area contributed by atoms with Gasteiger partial charge < -0.3 is 10.4 Å². The van der Waals surface area contributed by atoms with E-state index < -0.39 is 11.5 Å². The molecule has 2 unspecified atom stereocenters. The van der Waals surface area contributed by atoms with E-state index in [-0.39, 0.29) is 6.04 Å². The first kappa shape index (κ1) is 15.3. The van der Waals surface area contributed by atoms with Gasteiger partial charge in [0.25, 0.3) is 0 Å². The van der Waals surface area contributed by atoms with E-state index in [1.54, 1.807) is 0 Å². The van der Waals surface area contributed by atoms with Gasteiger partial charge in [0.05, 0.1) is 22.5 Å². The minimum Gasteiger partial charge on any atom is -0.480 e. The van der Waals surface area contributed by atoms with Crippen molar-refractivity contribution in [2.75, 3.05) is 6.54 Å². The minimum absolute atomic E-state index is 0.0881. The molecule has 1 aromatic heterocycles. The van der Waals surface area contributed by atoms with Crippen molar-refractivity contribution >= 4 is 17.6 Å². The number of hydrogen-bond donors (Lipinski definition) is 2. The number of hydrogen-bond acceptors (Lipinski definition) is 3. The first-order valence-corrected chi connectivity index (χ1v) is 7.48. The van der Waals surface area contributed by atoms with Gasteiger partial charge in [-0.1, -0.05) is 18.5 Å². The van der Waals surface area contributed by atoms with Crippen molar-refractivity contribution in [2.24, 2.45) is 0 Å². The van der Waals surface area contributed by atoms with Crippen LogP contribution < -0.4 is 5.32 Å². The fraction of sp³-hybridized carbons (Fsp3) is 0.714. The van der Waals surface area contributed by atoms with Crippen molar-refractivity contribution < 1.29 is 9.90 Å². The van der Waals surface area contributed by atoms with Crippen LogP contribution in [0.1, 0.15) is 50.0 Å². The highest BCUT2D eigenvalue weighted by Crippen LogP contribution is 2.37. The third-order valence-corrected chi connectivity index (χ3v) is 4.78. The molecule has 0 spiro atoms. The second-order valence-corrected chi connectivity index (χ2v) is 5.98. The highest BCUT2D eigenvalue weighted by Gasteiger charge is 2.43. The quantitative estimate of drug-likeness (QED) is 0.897. The standard InChI is InChI=1S/C14H22ClN3O2/c1-4-16-14(13(19)20)7-5-6-11(8-14)18-10(3)12(15)9(2)17-18/h11,16H,4-8H2,1-3H3,(H,19,20). The number of nitrogens with zero attached hydrogens (tertiary/aromatic N) is 2. The lowest BCUT2D eigenvalue weighted by Gasteiger charge is -2.38. The van der Waals surface area contributed by atoms with Crippen molar-refractivity contribution in [2.45, 2.75) is 58.0 Å². The lowest BCUT2D eigenvalue weighted by atomic mass is 9.79. The van der Waals surface area contributed by atoms with Crippen LogP contribution in [0, 0.1) is 13.8 Å². The summed E-state index contributed by atoms with van der Waals surface area (Å²) in [6.07, 6.45) is 3.03. The van der Waals surface area contributed by atoms with Crippen LogP contribution in [0.25, 0.3) is 0 Å². The zero-order valence-electron chi connectivity index (χ0n) is 12.2. The van der Waals surface area contributed by atoms with E-state index in [0.717, 1.165) is 24.2 Å². The van der Waals surface area contributed by atoms with Gasteiger partial charge in [-0.25, -0.2) is 0 Å². The van der Waals surface area contributed by atoms with E-state index in [2.05, 4.69) is 10.4 Å². The topological polar surface area (TPSA) is 67.2 Å². The molecular weight excluding hydrogens is 278 g/mol. The lowest BCUT2D eigenvalue weighted by Crippen LogP contribution is -2.55. The number of carboxylic acid groups (broad SMARTS) is 1. The number of halogens is 1. The average molecular weight is 300 g/mol. The molecule has 0 aliphatic heterocycles. The Morgan fingerprint density at radius 3 is 2.80 bits per heavy atom. The maximum atomic E-state index is 11.7. The number of aliphatic carboxylic acids is 1. The van der Waals surface area contributed by atoms with Crippen LogP contribution in [-0.2, 0) is 4.79 Å². The number of aromatic nitrogens is 2. The van der Waals surface area contributed by atoms with Crippen molar-refractivity contribution in [1.82, 2.24) is 15.1 Å². The molecule has 1 aliphatic carbocycles. The van der Waals surface area contributed by atoms with Crippen LogP contribution in [0.15, 0.2) is 0 Å². The van der Waals surface area contributed by atoms with Crippen molar-refractivity contribution in [3.8, 4) is 0 Å². The zero-order valence-corrected chi connectivity index (χ0v) is 13.0. The number of rotatable bonds is 4. The number of likely N-dealkylation sites (N-methyl/N-ethyl adjacent to an activating group) is 1. The molecule has 20 heavy (non-hydrogen) atoms. The Kier molecular flexibility index (Phi) is 4.39. The van der Waals surface area contributed by atoms with Gasteiger partial charge in [-0.05, 0) is 46.1 Å². The van der Waals surface area contributed by atoms with Crippen LogP contribution >= 0.6 is 11.6 Å². The molecule has 5 nitrogen and oxygen atoms in total. The van der Waals surface area contributed by atoms with Gasteiger partial charge in [0.2, 0.25) is 0 Å². The number of carboxylic acids is 1. The molecule has 112 valence electrons. The van der Waals surface area contributed by atoms with E-state index in [9.17, 15) is 9.90 Å². The Balaban J connectivity index is 2.29. The van der Waals surface area contributed by atoms with Gasteiger partial charge in [-0.3, -0.25) is 9.48 Å². The Morgan fingerprint density at radius 1 is 1.60 bits per heavy atom. The van der Waals surface area contributed by atoms with Crippen molar-refractivity contribution in [3.63, 3.8) is 0 Å².